The SMILES string of the molecule is CSCC[C@@H](NC(=O)CCC(C)CCNC(=O)OCC1c2ccccc2-c2ccccc21)C(=O)O. The van der Waals surface area contributed by atoms with E-state index in [2.05, 4.69) is 34.9 Å². The first kappa shape index (κ1) is 26.6. The molecule has 0 bridgehead atoms. The third-order valence-electron chi connectivity index (χ3n) is 6.36. The van der Waals surface area contributed by atoms with Gasteiger partial charge < -0.3 is 20.5 Å². The van der Waals surface area contributed by atoms with Crippen LogP contribution in [0.1, 0.15) is 49.7 Å². The zero-order valence-corrected chi connectivity index (χ0v) is 21.1. The zero-order chi connectivity index (χ0) is 25.2. The Morgan fingerprint density at radius 1 is 1.00 bits per heavy atom. The van der Waals surface area contributed by atoms with Crippen LogP contribution in [-0.4, -0.2) is 54.3 Å². The summed E-state index contributed by atoms with van der Waals surface area (Å²) in [7, 11) is 0. The Balaban J connectivity index is 1.36. The van der Waals surface area contributed by atoms with E-state index in [1.165, 1.54) is 22.3 Å². The van der Waals surface area contributed by atoms with Crippen molar-refractivity contribution in [2.24, 2.45) is 5.92 Å². The number of hydrogen-bond acceptors (Lipinski definition) is 5. The number of benzene rings is 2. The van der Waals surface area contributed by atoms with Crippen LogP contribution in [0, 0.1) is 5.92 Å². The van der Waals surface area contributed by atoms with Crippen LogP contribution in [0.5, 0.6) is 0 Å². The fourth-order valence-corrected chi connectivity index (χ4v) is 4.82. The third kappa shape index (κ3) is 7.49. The molecule has 0 aromatic heterocycles. The molecule has 0 fully saturated rings. The number of hydrogen-bond donors (Lipinski definition) is 3. The van der Waals surface area contributed by atoms with E-state index < -0.39 is 18.1 Å². The first-order chi connectivity index (χ1) is 16.9. The number of alkyl carbamates (subject to hydrolysis) is 1. The molecule has 2 aromatic carbocycles. The largest absolute Gasteiger partial charge is 0.480 e. The average Bonchev–Trinajstić information content (AvgIpc) is 3.17. The Morgan fingerprint density at radius 2 is 1.63 bits per heavy atom. The molecule has 8 heteroatoms. The molecule has 3 N–H and O–H groups in total. The molecule has 2 atom stereocenters. The lowest BCUT2D eigenvalue weighted by Gasteiger charge is -2.16. The van der Waals surface area contributed by atoms with Crippen LogP contribution < -0.4 is 10.6 Å². The van der Waals surface area contributed by atoms with Gasteiger partial charge in [-0.05, 0) is 59.4 Å². The maximum Gasteiger partial charge on any atom is 0.407 e. The molecule has 0 aliphatic heterocycles. The number of rotatable bonds is 13. The highest BCUT2D eigenvalue weighted by Crippen LogP contribution is 2.44. The number of fused-ring (bicyclic) bond motifs is 3. The monoisotopic (exact) mass is 498 g/mol. The molecule has 2 aromatic rings. The molecule has 0 saturated heterocycles. The van der Waals surface area contributed by atoms with E-state index >= 15 is 0 Å². The van der Waals surface area contributed by atoms with Crippen molar-refractivity contribution in [1.82, 2.24) is 10.6 Å². The van der Waals surface area contributed by atoms with Crippen molar-refractivity contribution in [1.29, 1.82) is 0 Å². The van der Waals surface area contributed by atoms with E-state index in [9.17, 15) is 19.5 Å². The molecule has 1 aliphatic carbocycles. The molecule has 3 rings (SSSR count). The summed E-state index contributed by atoms with van der Waals surface area (Å²) in [5.41, 5.74) is 4.72. The van der Waals surface area contributed by atoms with Gasteiger partial charge in [-0.25, -0.2) is 9.59 Å². The number of carbonyl (C=O) groups is 3. The predicted octanol–water partition coefficient (Wildman–Crippen LogP) is 4.65. The van der Waals surface area contributed by atoms with Crippen molar-refractivity contribution in [2.75, 3.05) is 25.2 Å². The topological polar surface area (TPSA) is 105 Å². The summed E-state index contributed by atoms with van der Waals surface area (Å²) in [5.74, 6) is -0.363. The standard InChI is InChI=1S/C27H34N2O5S/c1-18(11-12-25(30)29-24(26(31)32)14-16-35-2)13-15-28-27(33)34-17-23-21-9-5-3-7-19(21)20-8-4-6-10-22(20)23/h3-10,18,23-24H,11-17H2,1-2H3,(H,28,33)(H,29,30)(H,31,32)/t18?,24-/m1/s1. The molecular formula is C27H34N2O5S. The molecule has 1 unspecified atom stereocenters. The lowest BCUT2D eigenvalue weighted by atomic mass is 9.98. The van der Waals surface area contributed by atoms with Crippen molar-refractivity contribution < 1.29 is 24.2 Å². The highest BCUT2D eigenvalue weighted by atomic mass is 32.2. The minimum absolute atomic E-state index is 0.0242. The van der Waals surface area contributed by atoms with Crippen molar-refractivity contribution in [3.8, 4) is 11.1 Å². The molecule has 1 aliphatic rings. The Kier molecular flexibility index (Phi) is 10.0. The van der Waals surface area contributed by atoms with Gasteiger partial charge in [0, 0.05) is 18.9 Å². The van der Waals surface area contributed by atoms with E-state index in [4.69, 9.17) is 4.74 Å². The Bertz CT molecular complexity index is 983. The molecule has 35 heavy (non-hydrogen) atoms. The lowest BCUT2D eigenvalue weighted by molar-refractivity contribution is -0.141. The van der Waals surface area contributed by atoms with Gasteiger partial charge in [-0.15, -0.1) is 0 Å². The fourth-order valence-electron chi connectivity index (χ4n) is 4.35. The smallest absolute Gasteiger partial charge is 0.407 e. The van der Waals surface area contributed by atoms with E-state index in [1.54, 1.807) is 11.8 Å². The van der Waals surface area contributed by atoms with Crippen LogP contribution in [-0.2, 0) is 14.3 Å². The van der Waals surface area contributed by atoms with Gasteiger partial charge in [0.2, 0.25) is 5.91 Å². The van der Waals surface area contributed by atoms with Crippen LogP contribution in [0.15, 0.2) is 48.5 Å². The predicted molar refractivity (Wildman–Crippen MR) is 139 cm³/mol. The number of carbonyl (C=O) groups excluding carboxylic acids is 2. The van der Waals surface area contributed by atoms with Gasteiger partial charge in [-0.3, -0.25) is 4.79 Å². The number of thioether (sulfide) groups is 1. The van der Waals surface area contributed by atoms with Gasteiger partial charge in [0.1, 0.15) is 12.6 Å². The molecule has 0 radical (unpaired) electrons. The fraction of sp³-hybridized carbons (Fsp3) is 0.444. The second-order valence-electron chi connectivity index (χ2n) is 8.92. The number of amides is 2. The van der Waals surface area contributed by atoms with E-state index in [0.717, 1.165) is 0 Å². The van der Waals surface area contributed by atoms with Crippen molar-refractivity contribution in [3.63, 3.8) is 0 Å². The van der Waals surface area contributed by atoms with Crippen molar-refractivity contribution in [3.05, 3.63) is 59.7 Å². The van der Waals surface area contributed by atoms with Crippen LogP contribution in [0.3, 0.4) is 0 Å². The number of nitrogens with one attached hydrogen (secondary N) is 2. The summed E-state index contributed by atoms with van der Waals surface area (Å²) < 4.78 is 5.55. The van der Waals surface area contributed by atoms with Crippen LogP contribution in [0.25, 0.3) is 11.1 Å². The number of aliphatic carboxylic acids is 1. The maximum absolute atomic E-state index is 12.3. The number of carboxylic acid groups (broad SMARTS) is 1. The quantitative estimate of drug-likeness (QED) is 0.371. The summed E-state index contributed by atoms with van der Waals surface area (Å²) in [5, 5.41) is 14.6. The Hall–Kier alpha value is -3.00. The highest BCUT2D eigenvalue weighted by molar-refractivity contribution is 7.98. The van der Waals surface area contributed by atoms with Gasteiger partial charge in [0.15, 0.2) is 0 Å². The summed E-state index contributed by atoms with van der Waals surface area (Å²) in [6, 6.07) is 15.6. The minimum atomic E-state index is -1.01. The molecule has 7 nitrogen and oxygen atoms in total. The summed E-state index contributed by atoms with van der Waals surface area (Å²) >= 11 is 1.55. The minimum Gasteiger partial charge on any atom is -0.480 e. The van der Waals surface area contributed by atoms with Gasteiger partial charge in [0.05, 0.1) is 0 Å². The second-order valence-corrected chi connectivity index (χ2v) is 9.91. The summed E-state index contributed by atoms with van der Waals surface area (Å²) in [6.45, 7) is 2.73. The maximum atomic E-state index is 12.3. The van der Waals surface area contributed by atoms with Crippen LogP contribution in [0.2, 0.25) is 0 Å². The Morgan fingerprint density at radius 3 is 2.23 bits per heavy atom. The van der Waals surface area contributed by atoms with Gasteiger partial charge >= 0.3 is 12.1 Å². The molecule has 0 spiro atoms. The average molecular weight is 499 g/mol. The molecule has 188 valence electrons. The zero-order valence-electron chi connectivity index (χ0n) is 20.3. The van der Waals surface area contributed by atoms with Gasteiger partial charge in [-0.1, -0.05) is 55.5 Å². The first-order valence-electron chi connectivity index (χ1n) is 12.0. The molecule has 0 heterocycles. The van der Waals surface area contributed by atoms with E-state index in [-0.39, 0.29) is 30.8 Å². The Labute approximate surface area is 211 Å². The van der Waals surface area contributed by atoms with Gasteiger partial charge in [0.25, 0.3) is 0 Å². The van der Waals surface area contributed by atoms with E-state index in [1.807, 2.05) is 37.4 Å². The normalized spacial score (nSPS) is 13.9. The van der Waals surface area contributed by atoms with Crippen molar-refractivity contribution >= 4 is 29.7 Å². The molecule has 0 saturated carbocycles. The third-order valence-corrected chi connectivity index (χ3v) is 7.00. The number of ether oxygens (including phenoxy) is 1. The summed E-state index contributed by atoms with van der Waals surface area (Å²) in [4.78, 5) is 35.7. The summed E-state index contributed by atoms with van der Waals surface area (Å²) in [6.07, 6.45) is 3.44. The van der Waals surface area contributed by atoms with Crippen LogP contribution >= 0.6 is 11.8 Å². The van der Waals surface area contributed by atoms with Crippen LogP contribution in [0.4, 0.5) is 4.79 Å². The number of carboxylic acids is 1. The highest BCUT2D eigenvalue weighted by Gasteiger charge is 2.29. The first-order valence-corrected chi connectivity index (χ1v) is 13.4. The molecular weight excluding hydrogens is 464 g/mol. The molecule has 2 amide bonds. The van der Waals surface area contributed by atoms with Gasteiger partial charge in [-0.2, -0.15) is 11.8 Å². The lowest BCUT2D eigenvalue weighted by Crippen LogP contribution is -2.41. The van der Waals surface area contributed by atoms with Crippen molar-refractivity contribution in [2.45, 2.75) is 44.6 Å². The van der Waals surface area contributed by atoms with E-state index in [0.29, 0.717) is 31.6 Å². The second kappa shape index (κ2) is 13.2.